The Hall–Kier alpha value is -3.82. The van der Waals surface area contributed by atoms with Crippen molar-refractivity contribution >= 4 is 34.1 Å². The van der Waals surface area contributed by atoms with Crippen molar-refractivity contribution in [1.82, 2.24) is 4.98 Å². The number of esters is 1. The number of anilines is 2. The maximum atomic E-state index is 12.8. The van der Waals surface area contributed by atoms with E-state index in [1.54, 1.807) is 48.7 Å². The van der Waals surface area contributed by atoms with Crippen LogP contribution in [0.5, 0.6) is 0 Å². The average Bonchev–Trinajstić information content (AvgIpc) is 2.83. The monoisotopic (exact) mass is 435 g/mol. The second-order valence-electron chi connectivity index (χ2n) is 7.38. The Kier molecular flexibility index (Phi) is 6.11. The van der Waals surface area contributed by atoms with Crippen molar-refractivity contribution in [3.05, 3.63) is 76.1 Å². The lowest BCUT2D eigenvalue weighted by Crippen LogP contribution is -2.37. The number of benzene rings is 2. The minimum absolute atomic E-state index is 0.0853. The van der Waals surface area contributed by atoms with E-state index in [0.717, 1.165) is 5.82 Å². The van der Waals surface area contributed by atoms with Gasteiger partial charge in [-0.15, -0.1) is 0 Å². The molecule has 1 fully saturated rings. The summed E-state index contributed by atoms with van der Waals surface area (Å²) in [7, 11) is 1.33. The first-order valence-corrected chi connectivity index (χ1v) is 10.2. The van der Waals surface area contributed by atoms with E-state index in [1.165, 1.54) is 12.1 Å². The molecule has 2 heterocycles. The fraction of sp³-hybridized carbons (Fsp3) is 0.217. The van der Waals surface area contributed by atoms with E-state index in [0.29, 0.717) is 59.7 Å². The van der Waals surface area contributed by atoms with E-state index in [2.05, 4.69) is 9.88 Å². The number of hydrazine groups is 1. The number of hydrogen-bond acceptors (Lipinski definition) is 8. The second-order valence-corrected chi connectivity index (χ2v) is 7.38. The third-order valence-electron chi connectivity index (χ3n) is 5.38. The SMILES string of the molecule is COC(=O)c1ccc(N(N)/C=C(\N)c2cccc3c(=O)cc(N4CCOCC4)[nH]c23)cc1. The van der Waals surface area contributed by atoms with Crippen molar-refractivity contribution in [3.8, 4) is 0 Å². The highest BCUT2D eigenvalue weighted by molar-refractivity contribution is 5.92. The third kappa shape index (κ3) is 4.29. The van der Waals surface area contributed by atoms with Crippen LogP contribution < -0.4 is 26.9 Å². The van der Waals surface area contributed by atoms with Gasteiger partial charge in [-0.3, -0.25) is 9.80 Å². The molecular formula is C23H25N5O4. The Bertz CT molecular complexity index is 1210. The summed E-state index contributed by atoms with van der Waals surface area (Å²) in [5.41, 5.74) is 9.04. The summed E-state index contributed by atoms with van der Waals surface area (Å²) in [6.07, 6.45) is 1.57. The van der Waals surface area contributed by atoms with Crippen molar-refractivity contribution in [2.24, 2.45) is 11.6 Å². The lowest BCUT2D eigenvalue weighted by molar-refractivity contribution is 0.0600. The number of morpholine rings is 1. The van der Waals surface area contributed by atoms with Gasteiger partial charge in [-0.25, -0.2) is 10.6 Å². The van der Waals surface area contributed by atoms with Crippen LogP contribution in [-0.4, -0.2) is 44.4 Å². The molecule has 0 amide bonds. The van der Waals surface area contributed by atoms with E-state index in [-0.39, 0.29) is 5.43 Å². The molecule has 9 heteroatoms. The highest BCUT2D eigenvalue weighted by Crippen LogP contribution is 2.23. The molecule has 0 aliphatic carbocycles. The number of fused-ring (bicyclic) bond motifs is 1. The molecule has 4 rings (SSSR count). The molecule has 0 radical (unpaired) electrons. The summed E-state index contributed by atoms with van der Waals surface area (Å²) in [4.78, 5) is 29.8. The molecule has 0 saturated carbocycles. The molecule has 32 heavy (non-hydrogen) atoms. The minimum Gasteiger partial charge on any atom is -0.465 e. The number of nitrogens with zero attached hydrogens (tertiary/aromatic N) is 2. The first kappa shape index (κ1) is 21.4. The Balaban J connectivity index is 1.68. The molecule has 5 N–H and O–H groups in total. The molecule has 1 saturated heterocycles. The maximum absolute atomic E-state index is 12.8. The van der Waals surface area contributed by atoms with Crippen molar-refractivity contribution in [2.75, 3.05) is 43.3 Å². The molecule has 0 spiro atoms. The number of carbonyl (C=O) groups is 1. The van der Waals surface area contributed by atoms with Crippen LogP contribution in [0.25, 0.3) is 16.6 Å². The molecule has 2 aromatic carbocycles. The Morgan fingerprint density at radius 1 is 1.19 bits per heavy atom. The molecule has 3 aromatic rings. The van der Waals surface area contributed by atoms with Gasteiger partial charge in [-0.05, 0) is 30.3 Å². The highest BCUT2D eigenvalue weighted by Gasteiger charge is 2.15. The van der Waals surface area contributed by atoms with Crippen LogP contribution in [0.1, 0.15) is 15.9 Å². The summed E-state index contributed by atoms with van der Waals surface area (Å²) in [5, 5.41) is 1.90. The molecule has 1 aromatic heterocycles. The Morgan fingerprint density at radius 3 is 2.59 bits per heavy atom. The van der Waals surface area contributed by atoms with Crippen LogP contribution in [-0.2, 0) is 9.47 Å². The second kappa shape index (κ2) is 9.13. The molecule has 0 atom stereocenters. The quantitative estimate of drug-likeness (QED) is 0.315. The van der Waals surface area contributed by atoms with Gasteiger partial charge in [0.2, 0.25) is 0 Å². The smallest absolute Gasteiger partial charge is 0.337 e. The van der Waals surface area contributed by atoms with Crippen LogP contribution >= 0.6 is 0 Å². The van der Waals surface area contributed by atoms with Crippen LogP contribution in [0.3, 0.4) is 0 Å². The number of carbonyl (C=O) groups excluding carboxylic acids is 1. The summed E-state index contributed by atoms with van der Waals surface area (Å²) < 4.78 is 10.1. The number of para-hydroxylation sites is 1. The fourth-order valence-corrected chi connectivity index (χ4v) is 3.65. The van der Waals surface area contributed by atoms with Gasteiger partial charge in [0.05, 0.1) is 42.8 Å². The van der Waals surface area contributed by atoms with E-state index < -0.39 is 5.97 Å². The van der Waals surface area contributed by atoms with Gasteiger partial charge in [0.15, 0.2) is 5.43 Å². The van der Waals surface area contributed by atoms with Crippen molar-refractivity contribution in [1.29, 1.82) is 0 Å². The van der Waals surface area contributed by atoms with Crippen molar-refractivity contribution in [2.45, 2.75) is 0 Å². The number of aromatic nitrogens is 1. The number of nitrogens with two attached hydrogens (primary N) is 2. The first-order chi connectivity index (χ1) is 15.5. The lowest BCUT2D eigenvalue weighted by atomic mass is 10.1. The Labute approximate surface area is 184 Å². The molecule has 1 aliphatic rings. The van der Waals surface area contributed by atoms with Gasteiger partial charge in [0.25, 0.3) is 0 Å². The number of hydrogen-bond donors (Lipinski definition) is 3. The zero-order chi connectivity index (χ0) is 22.7. The van der Waals surface area contributed by atoms with Gasteiger partial charge < -0.3 is 25.1 Å². The number of methoxy groups -OCH3 is 1. The van der Waals surface area contributed by atoms with Crippen LogP contribution in [0.15, 0.2) is 59.5 Å². The predicted molar refractivity (Wildman–Crippen MR) is 124 cm³/mol. The molecule has 1 aliphatic heterocycles. The zero-order valence-corrected chi connectivity index (χ0v) is 17.7. The van der Waals surface area contributed by atoms with Crippen molar-refractivity contribution in [3.63, 3.8) is 0 Å². The number of pyridine rings is 1. The molecule has 0 unspecified atom stereocenters. The predicted octanol–water partition coefficient (Wildman–Crippen LogP) is 1.79. The number of nitrogens with one attached hydrogen (secondary N) is 1. The third-order valence-corrected chi connectivity index (χ3v) is 5.38. The molecule has 166 valence electrons. The van der Waals surface area contributed by atoms with E-state index >= 15 is 0 Å². The van der Waals surface area contributed by atoms with Crippen LogP contribution in [0.2, 0.25) is 0 Å². The standard InChI is InChI=1S/C23H25N5O4/c1-31-23(30)15-5-7-16(8-6-15)28(25)14-19(24)17-3-2-4-18-20(29)13-21(26-22(17)18)27-9-11-32-12-10-27/h2-8,13-14H,9-12,24-25H2,1H3,(H,26,29)/b19-14-. The number of H-pyrrole nitrogens is 1. The molecule has 0 bridgehead atoms. The molecular weight excluding hydrogens is 410 g/mol. The minimum atomic E-state index is -0.425. The lowest BCUT2D eigenvalue weighted by Gasteiger charge is -2.28. The van der Waals surface area contributed by atoms with Crippen LogP contribution in [0.4, 0.5) is 11.5 Å². The van der Waals surface area contributed by atoms with E-state index in [1.807, 2.05) is 6.07 Å². The summed E-state index contributed by atoms with van der Waals surface area (Å²) in [5.74, 6) is 6.49. The van der Waals surface area contributed by atoms with Gasteiger partial charge in [-0.2, -0.15) is 0 Å². The van der Waals surface area contributed by atoms with E-state index in [9.17, 15) is 9.59 Å². The first-order valence-electron chi connectivity index (χ1n) is 10.2. The largest absolute Gasteiger partial charge is 0.465 e. The van der Waals surface area contributed by atoms with Gasteiger partial charge in [0, 0.05) is 36.3 Å². The van der Waals surface area contributed by atoms with Gasteiger partial charge in [-0.1, -0.05) is 12.1 Å². The van der Waals surface area contributed by atoms with Crippen molar-refractivity contribution < 1.29 is 14.3 Å². The molecule has 9 nitrogen and oxygen atoms in total. The average molecular weight is 435 g/mol. The van der Waals surface area contributed by atoms with Gasteiger partial charge in [0.1, 0.15) is 5.82 Å². The van der Waals surface area contributed by atoms with Crippen LogP contribution in [0, 0.1) is 0 Å². The van der Waals surface area contributed by atoms with E-state index in [4.69, 9.17) is 21.1 Å². The van der Waals surface area contributed by atoms with Gasteiger partial charge >= 0.3 is 5.97 Å². The normalized spacial score (nSPS) is 14.4. The number of rotatable bonds is 5. The maximum Gasteiger partial charge on any atom is 0.337 e. The fourth-order valence-electron chi connectivity index (χ4n) is 3.65. The summed E-state index contributed by atoms with van der Waals surface area (Å²) >= 11 is 0. The zero-order valence-electron chi connectivity index (χ0n) is 17.7. The number of aromatic amines is 1. The topological polar surface area (TPSA) is 127 Å². The Morgan fingerprint density at radius 2 is 1.91 bits per heavy atom. The summed E-state index contributed by atoms with van der Waals surface area (Å²) in [6.45, 7) is 2.63. The number of ether oxygens (including phenoxy) is 2. The summed E-state index contributed by atoms with van der Waals surface area (Å²) in [6, 6.07) is 13.6. The highest BCUT2D eigenvalue weighted by atomic mass is 16.5.